The molecule has 1 aliphatic rings. The summed E-state index contributed by atoms with van der Waals surface area (Å²) in [7, 11) is 1.68. The number of carbonyl (C=O) groups is 1. The summed E-state index contributed by atoms with van der Waals surface area (Å²) in [6.07, 6.45) is 2.91. The zero-order chi connectivity index (χ0) is 18.5. The number of halogens is 2. The van der Waals surface area contributed by atoms with Gasteiger partial charge in [0.2, 0.25) is 5.91 Å². The largest absolute Gasteiger partial charge is 0.496 e. The van der Waals surface area contributed by atoms with Crippen molar-refractivity contribution in [1.82, 2.24) is 16.0 Å². The molecule has 154 valence electrons. The highest BCUT2D eigenvalue weighted by Gasteiger charge is 2.39. The maximum absolute atomic E-state index is 12.4. The predicted octanol–water partition coefficient (Wildman–Crippen LogP) is 3.22. The van der Waals surface area contributed by atoms with E-state index in [1.54, 1.807) is 7.11 Å². The summed E-state index contributed by atoms with van der Waals surface area (Å²) in [5, 5.41) is 9.88. The summed E-state index contributed by atoms with van der Waals surface area (Å²) in [5.41, 5.74) is 1.52. The lowest BCUT2D eigenvalue weighted by Gasteiger charge is -2.27. The molecule has 1 heterocycles. The average Bonchev–Trinajstić information content (AvgIpc) is 2.78. The molecule has 3 N–H and O–H groups in total. The molecule has 0 radical (unpaired) electrons. The quantitative estimate of drug-likeness (QED) is 0.568. The fourth-order valence-corrected chi connectivity index (χ4v) is 3.38. The molecule has 2 rings (SSSR count). The first-order chi connectivity index (χ1) is 11.7. The van der Waals surface area contributed by atoms with Crippen molar-refractivity contribution in [1.29, 1.82) is 0 Å². The number of nitrogens with one attached hydrogen (secondary N) is 3. The standard InChI is InChI=1S/C20H31N3O2.2ClH/c1-19(2)13-16(20(3,4)23-19)18(24)22-12-8-11-21-14-15-9-6-7-10-17(15)25-5;;/h6-7,9-10,13,21,23H,8,11-12,14H2,1-5H3,(H,22,24);2*1H. The summed E-state index contributed by atoms with van der Waals surface area (Å²) in [4.78, 5) is 12.4. The van der Waals surface area contributed by atoms with Gasteiger partial charge in [-0.15, -0.1) is 24.8 Å². The van der Waals surface area contributed by atoms with Crippen molar-refractivity contribution in [2.24, 2.45) is 0 Å². The number of amides is 1. The van der Waals surface area contributed by atoms with Crippen LogP contribution in [-0.2, 0) is 11.3 Å². The summed E-state index contributed by atoms with van der Waals surface area (Å²) in [5.74, 6) is 0.918. The van der Waals surface area contributed by atoms with Crippen LogP contribution < -0.4 is 20.7 Å². The maximum Gasteiger partial charge on any atom is 0.248 e. The molecule has 0 bridgehead atoms. The zero-order valence-corrected chi connectivity index (χ0v) is 18.5. The van der Waals surface area contributed by atoms with Crippen LogP contribution in [0.15, 0.2) is 35.9 Å². The van der Waals surface area contributed by atoms with Gasteiger partial charge in [0.15, 0.2) is 0 Å². The van der Waals surface area contributed by atoms with Crippen LogP contribution in [0.3, 0.4) is 0 Å². The van der Waals surface area contributed by atoms with Gasteiger partial charge >= 0.3 is 0 Å². The third-order valence-electron chi connectivity index (χ3n) is 4.38. The molecule has 0 saturated heterocycles. The van der Waals surface area contributed by atoms with Gasteiger partial charge < -0.3 is 15.4 Å². The molecule has 27 heavy (non-hydrogen) atoms. The summed E-state index contributed by atoms with van der Waals surface area (Å²) in [6.45, 7) is 10.5. The van der Waals surface area contributed by atoms with E-state index in [1.165, 1.54) is 0 Å². The van der Waals surface area contributed by atoms with E-state index >= 15 is 0 Å². The Hall–Kier alpha value is -1.27. The summed E-state index contributed by atoms with van der Waals surface area (Å²) >= 11 is 0. The molecule has 0 aliphatic carbocycles. The molecule has 0 saturated carbocycles. The molecule has 1 aromatic carbocycles. The minimum atomic E-state index is -0.296. The molecule has 1 aromatic rings. The number of ether oxygens (including phenoxy) is 1. The zero-order valence-electron chi connectivity index (χ0n) is 16.8. The van der Waals surface area contributed by atoms with Gasteiger partial charge in [-0.3, -0.25) is 10.1 Å². The average molecular weight is 418 g/mol. The van der Waals surface area contributed by atoms with E-state index in [1.807, 2.05) is 38.1 Å². The second-order valence-electron chi connectivity index (χ2n) is 7.63. The Morgan fingerprint density at radius 2 is 1.78 bits per heavy atom. The topological polar surface area (TPSA) is 62.4 Å². The van der Waals surface area contributed by atoms with E-state index in [0.29, 0.717) is 6.54 Å². The number of methoxy groups -OCH3 is 1. The number of hydrogen-bond donors (Lipinski definition) is 3. The van der Waals surface area contributed by atoms with Crippen LogP contribution in [0.25, 0.3) is 0 Å². The number of hydrogen-bond acceptors (Lipinski definition) is 4. The van der Waals surface area contributed by atoms with E-state index in [-0.39, 0.29) is 41.8 Å². The minimum Gasteiger partial charge on any atom is -0.496 e. The van der Waals surface area contributed by atoms with Crippen LogP contribution in [0, 0.1) is 0 Å². The molecule has 5 nitrogen and oxygen atoms in total. The van der Waals surface area contributed by atoms with Crippen LogP contribution >= 0.6 is 24.8 Å². The van der Waals surface area contributed by atoms with Crippen molar-refractivity contribution < 1.29 is 9.53 Å². The van der Waals surface area contributed by atoms with Crippen molar-refractivity contribution >= 4 is 30.7 Å². The lowest BCUT2D eigenvalue weighted by molar-refractivity contribution is -0.118. The second kappa shape index (κ2) is 10.9. The molecular weight excluding hydrogens is 385 g/mol. The molecule has 0 spiro atoms. The molecule has 0 aromatic heterocycles. The van der Waals surface area contributed by atoms with Gasteiger partial charge in [-0.25, -0.2) is 0 Å². The minimum absolute atomic E-state index is 0. The van der Waals surface area contributed by atoms with Gasteiger partial charge in [0.05, 0.1) is 7.11 Å². The fraction of sp³-hybridized carbons (Fsp3) is 0.550. The smallest absolute Gasteiger partial charge is 0.248 e. The Morgan fingerprint density at radius 3 is 2.37 bits per heavy atom. The van der Waals surface area contributed by atoms with Crippen molar-refractivity contribution in [3.05, 3.63) is 41.5 Å². The highest BCUT2D eigenvalue weighted by molar-refractivity contribution is 5.96. The van der Waals surface area contributed by atoms with Crippen LogP contribution in [0.1, 0.15) is 39.7 Å². The van der Waals surface area contributed by atoms with Gasteiger partial charge in [0.25, 0.3) is 0 Å². The van der Waals surface area contributed by atoms with E-state index in [9.17, 15) is 4.79 Å². The maximum atomic E-state index is 12.4. The first-order valence-electron chi connectivity index (χ1n) is 8.89. The van der Waals surface area contributed by atoms with Crippen LogP contribution in [0.4, 0.5) is 0 Å². The lowest BCUT2D eigenvalue weighted by Crippen LogP contribution is -2.47. The van der Waals surface area contributed by atoms with Crippen molar-refractivity contribution in [3.63, 3.8) is 0 Å². The highest BCUT2D eigenvalue weighted by atomic mass is 35.5. The van der Waals surface area contributed by atoms with Gasteiger partial charge in [-0.2, -0.15) is 0 Å². The molecular formula is C20H33Cl2N3O2. The summed E-state index contributed by atoms with van der Waals surface area (Å²) in [6, 6.07) is 7.99. The predicted molar refractivity (Wildman–Crippen MR) is 116 cm³/mol. The summed E-state index contributed by atoms with van der Waals surface area (Å²) < 4.78 is 5.34. The SMILES string of the molecule is COc1ccccc1CNCCCNC(=O)C1=CC(C)(C)NC1(C)C.Cl.Cl. The number of para-hydroxylation sites is 1. The van der Waals surface area contributed by atoms with Gasteiger partial charge in [-0.1, -0.05) is 24.3 Å². The van der Waals surface area contributed by atoms with Gasteiger partial charge in [0, 0.05) is 35.3 Å². The Morgan fingerprint density at radius 1 is 1.11 bits per heavy atom. The molecule has 7 heteroatoms. The van der Waals surface area contributed by atoms with Crippen molar-refractivity contribution in [2.75, 3.05) is 20.2 Å². The molecule has 0 fully saturated rings. The Labute approximate surface area is 175 Å². The van der Waals surface area contributed by atoms with Crippen molar-refractivity contribution in [2.45, 2.75) is 51.7 Å². The first kappa shape index (κ1) is 25.7. The first-order valence-corrected chi connectivity index (χ1v) is 8.89. The lowest BCUT2D eigenvalue weighted by atomic mass is 9.96. The van der Waals surface area contributed by atoms with Gasteiger partial charge in [-0.05, 0) is 46.7 Å². The molecule has 1 amide bonds. The van der Waals surface area contributed by atoms with E-state index in [4.69, 9.17) is 4.74 Å². The van der Waals surface area contributed by atoms with E-state index in [2.05, 4.69) is 35.9 Å². The third kappa shape index (κ3) is 7.34. The molecule has 0 unspecified atom stereocenters. The number of carbonyl (C=O) groups excluding carboxylic acids is 1. The van der Waals surface area contributed by atoms with E-state index < -0.39 is 0 Å². The second-order valence-corrected chi connectivity index (χ2v) is 7.63. The number of benzene rings is 1. The number of rotatable bonds is 8. The Bertz CT molecular complexity index is 646. The van der Waals surface area contributed by atoms with Crippen molar-refractivity contribution in [3.8, 4) is 5.75 Å². The van der Waals surface area contributed by atoms with Crippen LogP contribution in [0.5, 0.6) is 5.75 Å². The fourth-order valence-electron chi connectivity index (χ4n) is 3.38. The molecule has 0 atom stereocenters. The normalized spacial score (nSPS) is 16.6. The third-order valence-corrected chi connectivity index (χ3v) is 4.38. The monoisotopic (exact) mass is 417 g/mol. The van der Waals surface area contributed by atoms with E-state index in [0.717, 1.165) is 36.4 Å². The van der Waals surface area contributed by atoms with Crippen LogP contribution in [-0.4, -0.2) is 37.2 Å². The molecule has 1 aliphatic heterocycles. The van der Waals surface area contributed by atoms with Crippen LogP contribution in [0.2, 0.25) is 0 Å². The Kier molecular flexibility index (Phi) is 10.4. The van der Waals surface area contributed by atoms with Gasteiger partial charge in [0.1, 0.15) is 5.75 Å². The highest BCUT2D eigenvalue weighted by Crippen LogP contribution is 2.29. The Balaban J connectivity index is 0.00000338.